The number of hydrogen-bond donors (Lipinski definition) is 1. The highest BCUT2D eigenvalue weighted by atomic mass is 16.2. The number of rotatable bonds is 6. The van der Waals surface area contributed by atoms with Crippen molar-refractivity contribution in [1.82, 2.24) is 20.2 Å². The molecule has 3 fully saturated rings. The quantitative estimate of drug-likeness (QED) is 0.779. The van der Waals surface area contributed by atoms with Crippen LogP contribution in [0, 0.1) is 17.2 Å². The molecule has 160 valence electrons. The van der Waals surface area contributed by atoms with Gasteiger partial charge in [-0.25, -0.2) is 4.98 Å². The van der Waals surface area contributed by atoms with E-state index in [0.717, 1.165) is 43.9 Å². The third-order valence-electron chi connectivity index (χ3n) is 7.09. The third-order valence-corrected chi connectivity index (χ3v) is 7.09. The molecule has 1 saturated carbocycles. The van der Waals surface area contributed by atoms with E-state index in [-0.39, 0.29) is 23.5 Å². The van der Waals surface area contributed by atoms with E-state index in [0.29, 0.717) is 24.4 Å². The number of nitrogens with one attached hydrogen (secondary N) is 1. The smallest absolute Gasteiger partial charge is 0.223 e. The molecule has 0 aromatic carbocycles. The fourth-order valence-corrected chi connectivity index (χ4v) is 5.26. The van der Waals surface area contributed by atoms with Crippen molar-refractivity contribution in [1.29, 1.82) is 5.26 Å². The van der Waals surface area contributed by atoms with E-state index in [1.165, 1.54) is 0 Å². The van der Waals surface area contributed by atoms with Crippen molar-refractivity contribution in [2.24, 2.45) is 5.92 Å². The maximum Gasteiger partial charge on any atom is 0.223 e. The van der Waals surface area contributed by atoms with E-state index in [4.69, 9.17) is 5.26 Å². The van der Waals surface area contributed by atoms with Crippen LogP contribution in [0.25, 0.3) is 0 Å². The number of nitriles is 1. The van der Waals surface area contributed by atoms with Gasteiger partial charge in [-0.05, 0) is 49.4 Å². The van der Waals surface area contributed by atoms with Crippen LogP contribution in [0.2, 0.25) is 0 Å². The van der Waals surface area contributed by atoms with Gasteiger partial charge in [0, 0.05) is 44.5 Å². The highest BCUT2D eigenvalue weighted by Crippen LogP contribution is 2.44. The van der Waals surface area contributed by atoms with Crippen molar-refractivity contribution in [2.75, 3.05) is 24.5 Å². The topological polar surface area (TPSA) is 85.2 Å². The van der Waals surface area contributed by atoms with Gasteiger partial charge in [-0.3, -0.25) is 9.78 Å². The first-order valence-electron chi connectivity index (χ1n) is 11.2. The number of likely N-dealkylation sites (tertiary alicyclic amines) is 1. The predicted octanol–water partition coefficient (Wildman–Crippen LogP) is 2.44. The first-order chi connectivity index (χ1) is 15.1. The molecule has 2 aliphatic heterocycles. The Kier molecular flexibility index (Phi) is 5.11. The van der Waals surface area contributed by atoms with Crippen molar-refractivity contribution >= 4 is 11.7 Å². The van der Waals surface area contributed by atoms with Crippen LogP contribution in [0.5, 0.6) is 0 Å². The van der Waals surface area contributed by atoms with Gasteiger partial charge >= 0.3 is 0 Å². The Labute approximate surface area is 183 Å². The van der Waals surface area contributed by atoms with Gasteiger partial charge in [0.05, 0.1) is 22.8 Å². The van der Waals surface area contributed by atoms with Gasteiger partial charge < -0.3 is 15.1 Å². The summed E-state index contributed by atoms with van der Waals surface area (Å²) in [6, 6.07) is 12.5. The van der Waals surface area contributed by atoms with Crippen molar-refractivity contribution in [3.8, 4) is 6.07 Å². The van der Waals surface area contributed by atoms with Crippen LogP contribution in [0.1, 0.15) is 43.9 Å². The summed E-state index contributed by atoms with van der Waals surface area (Å²) < 4.78 is 0. The second kappa shape index (κ2) is 7.93. The van der Waals surface area contributed by atoms with Crippen molar-refractivity contribution in [3.05, 3.63) is 54.0 Å². The molecule has 2 bridgehead atoms. The van der Waals surface area contributed by atoms with Gasteiger partial charge in [-0.1, -0.05) is 13.0 Å². The molecule has 7 heteroatoms. The number of fused-ring (bicyclic) bond motifs is 2. The van der Waals surface area contributed by atoms with Crippen LogP contribution in [0.15, 0.2) is 42.7 Å². The highest BCUT2D eigenvalue weighted by molar-refractivity contribution is 5.77. The van der Waals surface area contributed by atoms with E-state index >= 15 is 0 Å². The monoisotopic (exact) mass is 416 g/mol. The lowest BCUT2D eigenvalue weighted by Crippen LogP contribution is -2.56. The number of aromatic nitrogens is 2. The fourth-order valence-electron chi connectivity index (χ4n) is 5.26. The third kappa shape index (κ3) is 3.77. The molecule has 7 nitrogen and oxygen atoms in total. The largest absolute Gasteiger partial charge is 0.347 e. The van der Waals surface area contributed by atoms with Crippen LogP contribution in [0.4, 0.5) is 5.82 Å². The summed E-state index contributed by atoms with van der Waals surface area (Å²) in [6.07, 6.45) is 7.21. The highest BCUT2D eigenvalue weighted by Gasteiger charge is 2.47. The Morgan fingerprint density at radius 2 is 2.13 bits per heavy atom. The van der Waals surface area contributed by atoms with Crippen LogP contribution >= 0.6 is 0 Å². The molecule has 31 heavy (non-hydrogen) atoms. The Morgan fingerprint density at radius 3 is 2.77 bits per heavy atom. The Morgan fingerprint density at radius 1 is 1.26 bits per heavy atom. The molecule has 5 rings (SSSR count). The van der Waals surface area contributed by atoms with E-state index in [1.54, 1.807) is 6.20 Å². The second-order valence-electron chi connectivity index (χ2n) is 9.13. The first kappa shape index (κ1) is 20.0. The Hall–Kier alpha value is -2.98. The standard InChI is InChI=1S/C24H28N6O/c1-17-12-19-15-29(16-20(17)30(19)22-6-5-18(13-25)14-27-22)23(31)7-11-28-24(8-9-24)21-4-2-3-10-26-21/h2-6,10,14,17,19-20,28H,7-9,11-12,15-16H2,1H3/t17-,19?,20?/m0/s1. The SMILES string of the molecule is C[C@H]1CC2CN(C(=O)CCNC3(c4ccccn4)CC3)CC1N2c1ccc(C#N)cn1. The molecule has 1 amide bonds. The lowest BCUT2D eigenvalue weighted by Gasteiger charge is -2.42. The molecule has 0 radical (unpaired) electrons. The lowest BCUT2D eigenvalue weighted by molar-refractivity contribution is -0.132. The van der Waals surface area contributed by atoms with Crippen molar-refractivity contribution in [2.45, 2.75) is 50.2 Å². The second-order valence-corrected chi connectivity index (χ2v) is 9.13. The Balaban J connectivity index is 1.19. The fraction of sp³-hybridized carbons (Fsp3) is 0.500. The summed E-state index contributed by atoms with van der Waals surface area (Å²) in [4.78, 5) is 26.4. The number of piperazine rings is 1. The van der Waals surface area contributed by atoms with E-state index in [2.05, 4.69) is 39.2 Å². The molecular formula is C24H28N6O. The molecule has 1 aliphatic carbocycles. The minimum Gasteiger partial charge on any atom is -0.347 e. The number of nitrogens with zero attached hydrogens (tertiary/aromatic N) is 5. The number of amides is 1. The van der Waals surface area contributed by atoms with Gasteiger partial charge in [-0.15, -0.1) is 0 Å². The van der Waals surface area contributed by atoms with E-state index in [9.17, 15) is 4.79 Å². The molecule has 3 aliphatic rings. The molecule has 0 spiro atoms. The minimum absolute atomic E-state index is 0.0327. The summed E-state index contributed by atoms with van der Waals surface area (Å²) in [5.41, 5.74) is 1.62. The predicted molar refractivity (Wildman–Crippen MR) is 117 cm³/mol. The molecule has 2 aromatic rings. The zero-order chi connectivity index (χ0) is 21.4. The van der Waals surface area contributed by atoms with Crippen LogP contribution in [-0.4, -0.2) is 52.5 Å². The van der Waals surface area contributed by atoms with Crippen LogP contribution in [0.3, 0.4) is 0 Å². The van der Waals surface area contributed by atoms with E-state index in [1.807, 2.05) is 35.4 Å². The van der Waals surface area contributed by atoms with Crippen molar-refractivity contribution < 1.29 is 4.79 Å². The number of anilines is 1. The minimum atomic E-state index is -0.0327. The van der Waals surface area contributed by atoms with Gasteiger partial charge in [0.2, 0.25) is 5.91 Å². The molecule has 3 atom stereocenters. The van der Waals surface area contributed by atoms with Gasteiger partial charge in [0.25, 0.3) is 0 Å². The Bertz CT molecular complexity index is 981. The molecule has 2 unspecified atom stereocenters. The summed E-state index contributed by atoms with van der Waals surface area (Å²) >= 11 is 0. The number of carbonyl (C=O) groups excluding carboxylic acids is 1. The molecule has 2 saturated heterocycles. The number of hydrogen-bond acceptors (Lipinski definition) is 6. The van der Waals surface area contributed by atoms with Crippen molar-refractivity contribution in [3.63, 3.8) is 0 Å². The summed E-state index contributed by atoms with van der Waals surface area (Å²) in [6.45, 7) is 4.43. The zero-order valence-corrected chi connectivity index (χ0v) is 17.9. The van der Waals surface area contributed by atoms with E-state index < -0.39 is 0 Å². The molecule has 1 N–H and O–H groups in total. The normalized spacial score (nSPS) is 25.9. The van der Waals surface area contributed by atoms with Crippen LogP contribution < -0.4 is 10.2 Å². The maximum absolute atomic E-state index is 13.0. The average molecular weight is 417 g/mol. The molecule has 4 heterocycles. The number of pyridine rings is 2. The average Bonchev–Trinajstić information content (AvgIpc) is 3.56. The summed E-state index contributed by atoms with van der Waals surface area (Å²) in [5, 5.41) is 12.6. The first-order valence-corrected chi connectivity index (χ1v) is 11.2. The molecular weight excluding hydrogens is 388 g/mol. The summed E-state index contributed by atoms with van der Waals surface area (Å²) in [5.74, 6) is 1.65. The van der Waals surface area contributed by atoms with Crippen LogP contribution in [-0.2, 0) is 10.3 Å². The van der Waals surface area contributed by atoms with Gasteiger partial charge in [0.15, 0.2) is 0 Å². The molecule has 2 aromatic heterocycles. The summed E-state index contributed by atoms with van der Waals surface area (Å²) in [7, 11) is 0. The van der Waals surface area contributed by atoms with Gasteiger partial charge in [-0.2, -0.15) is 5.26 Å². The lowest BCUT2D eigenvalue weighted by atomic mass is 10.0. The zero-order valence-electron chi connectivity index (χ0n) is 17.9. The van der Waals surface area contributed by atoms with Gasteiger partial charge in [0.1, 0.15) is 11.9 Å². The maximum atomic E-state index is 13.0. The number of carbonyl (C=O) groups is 1.